The number of aromatic nitrogens is 1. The maximum atomic E-state index is 12.5. The molecule has 0 unspecified atom stereocenters. The standard InChI is InChI=1S/C23H29N3O2S/c27-22(12-10-18-6-2-1-3-7-18)25-14-16-26(17-15-25)23(28)13-11-21-24-19-8-4-5-9-20(19)29-21/h4-5,8-9,11,13,18H,1-3,6-7,10,12,14-17H2. The topological polar surface area (TPSA) is 53.5 Å². The van der Waals surface area contributed by atoms with E-state index in [1.807, 2.05) is 34.1 Å². The van der Waals surface area contributed by atoms with E-state index in [4.69, 9.17) is 0 Å². The zero-order chi connectivity index (χ0) is 20.1. The Labute approximate surface area is 176 Å². The van der Waals surface area contributed by atoms with Crippen LogP contribution < -0.4 is 0 Å². The highest BCUT2D eigenvalue weighted by Gasteiger charge is 2.24. The van der Waals surface area contributed by atoms with E-state index < -0.39 is 0 Å². The maximum Gasteiger partial charge on any atom is 0.246 e. The molecule has 2 aromatic rings. The predicted molar refractivity (Wildman–Crippen MR) is 118 cm³/mol. The number of fused-ring (bicyclic) bond motifs is 1. The zero-order valence-corrected chi connectivity index (χ0v) is 17.7. The molecular formula is C23H29N3O2S. The molecule has 0 radical (unpaired) electrons. The van der Waals surface area contributed by atoms with Crippen LogP contribution in [0.4, 0.5) is 0 Å². The van der Waals surface area contributed by atoms with Crippen molar-refractivity contribution in [3.63, 3.8) is 0 Å². The number of rotatable bonds is 5. The number of piperazine rings is 1. The van der Waals surface area contributed by atoms with Gasteiger partial charge in [-0.25, -0.2) is 4.98 Å². The van der Waals surface area contributed by atoms with Gasteiger partial charge < -0.3 is 9.80 Å². The van der Waals surface area contributed by atoms with Crippen LogP contribution in [0.15, 0.2) is 30.3 Å². The molecule has 154 valence electrons. The van der Waals surface area contributed by atoms with Crippen LogP contribution in [0.3, 0.4) is 0 Å². The lowest BCUT2D eigenvalue weighted by molar-refractivity contribution is -0.137. The third-order valence-electron chi connectivity index (χ3n) is 6.11. The van der Waals surface area contributed by atoms with Crippen molar-refractivity contribution >= 4 is 39.4 Å². The number of carbonyl (C=O) groups is 2. The molecule has 6 heteroatoms. The lowest BCUT2D eigenvalue weighted by atomic mass is 9.86. The summed E-state index contributed by atoms with van der Waals surface area (Å²) in [5.41, 5.74) is 0.963. The number of amides is 2. The highest BCUT2D eigenvalue weighted by molar-refractivity contribution is 7.19. The molecular weight excluding hydrogens is 382 g/mol. The van der Waals surface area contributed by atoms with Gasteiger partial charge >= 0.3 is 0 Å². The van der Waals surface area contributed by atoms with E-state index in [0.29, 0.717) is 32.6 Å². The van der Waals surface area contributed by atoms with Gasteiger partial charge in [-0.2, -0.15) is 0 Å². The van der Waals surface area contributed by atoms with Crippen molar-refractivity contribution in [2.45, 2.75) is 44.9 Å². The van der Waals surface area contributed by atoms with Crippen LogP contribution in [0, 0.1) is 5.92 Å². The largest absolute Gasteiger partial charge is 0.339 e. The van der Waals surface area contributed by atoms with E-state index in [2.05, 4.69) is 4.98 Å². The van der Waals surface area contributed by atoms with Crippen molar-refractivity contribution in [3.05, 3.63) is 35.3 Å². The van der Waals surface area contributed by atoms with Crippen LogP contribution in [0.1, 0.15) is 50.0 Å². The summed E-state index contributed by atoms with van der Waals surface area (Å²) in [7, 11) is 0. The fourth-order valence-corrected chi connectivity index (χ4v) is 5.22. The number of hydrogen-bond donors (Lipinski definition) is 0. The van der Waals surface area contributed by atoms with Crippen LogP contribution in [0.25, 0.3) is 16.3 Å². The fourth-order valence-electron chi connectivity index (χ4n) is 4.35. The average Bonchev–Trinajstić information content (AvgIpc) is 3.20. The van der Waals surface area contributed by atoms with Crippen LogP contribution in [-0.4, -0.2) is 52.8 Å². The first-order valence-corrected chi connectivity index (χ1v) is 11.6. The summed E-state index contributed by atoms with van der Waals surface area (Å²) < 4.78 is 1.12. The van der Waals surface area contributed by atoms with Gasteiger partial charge in [0.25, 0.3) is 0 Å². The van der Waals surface area contributed by atoms with E-state index in [9.17, 15) is 9.59 Å². The van der Waals surface area contributed by atoms with Crippen molar-refractivity contribution in [3.8, 4) is 0 Å². The normalized spacial score (nSPS) is 18.6. The molecule has 1 aliphatic heterocycles. The second-order valence-corrected chi connectivity index (χ2v) is 9.16. The maximum absolute atomic E-state index is 12.5. The molecule has 2 fully saturated rings. The first-order chi connectivity index (χ1) is 14.2. The lowest BCUT2D eigenvalue weighted by Gasteiger charge is -2.34. The first-order valence-electron chi connectivity index (χ1n) is 10.8. The molecule has 1 saturated carbocycles. The quantitative estimate of drug-likeness (QED) is 0.688. The minimum absolute atomic E-state index is 0.00133. The van der Waals surface area contributed by atoms with Crippen molar-refractivity contribution < 1.29 is 9.59 Å². The smallest absolute Gasteiger partial charge is 0.246 e. The molecule has 1 aliphatic carbocycles. The molecule has 2 amide bonds. The highest BCUT2D eigenvalue weighted by Crippen LogP contribution is 2.27. The zero-order valence-electron chi connectivity index (χ0n) is 16.9. The number of carbonyl (C=O) groups excluding carboxylic acids is 2. The van der Waals surface area contributed by atoms with Gasteiger partial charge in [-0.15, -0.1) is 11.3 Å². The van der Waals surface area contributed by atoms with Crippen LogP contribution in [0.5, 0.6) is 0 Å². The van der Waals surface area contributed by atoms with Crippen molar-refractivity contribution in [1.29, 1.82) is 0 Å². The highest BCUT2D eigenvalue weighted by atomic mass is 32.1. The van der Waals surface area contributed by atoms with Gasteiger partial charge in [0.15, 0.2) is 0 Å². The third-order valence-corrected chi connectivity index (χ3v) is 7.12. The van der Waals surface area contributed by atoms with E-state index in [1.165, 1.54) is 32.1 Å². The summed E-state index contributed by atoms with van der Waals surface area (Å²) in [5, 5.41) is 0.844. The Bertz CT molecular complexity index is 844. The minimum Gasteiger partial charge on any atom is -0.339 e. The monoisotopic (exact) mass is 411 g/mol. The van der Waals surface area contributed by atoms with Crippen LogP contribution in [0.2, 0.25) is 0 Å². The first kappa shape index (κ1) is 20.1. The molecule has 0 N–H and O–H groups in total. The van der Waals surface area contributed by atoms with Crippen LogP contribution >= 0.6 is 11.3 Å². The summed E-state index contributed by atoms with van der Waals surface area (Å²) in [6, 6.07) is 7.98. The van der Waals surface area contributed by atoms with E-state index in [0.717, 1.165) is 27.6 Å². The fraction of sp³-hybridized carbons (Fsp3) is 0.522. The molecule has 29 heavy (non-hydrogen) atoms. The molecule has 1 aromatic carbocycles. The summed E-state index contributed by atoms with van der Waals surface area (Å²) in [5.74, 6) is 0.995. The Balaban J connectivity index is 1.23. The molecule has 4 rings (SSSR count). The number of benzene rings is 1. The van der Waals surface area contributed by atoms with Gasteiger partial charge in [0.1, 0.15) is 5.01 Å². The van der Waals surface area contributed by atoms with Crippen molar-refractivity contribution in [2.75, 3.05) is 26.2 Å². The minimum atomic E-state index is -0.00133. The summed E-state index contributed by atoms with van der Waals surface area (Å²) in [4.78, 5) is 33.3. The van der Waals surface area contributed by atoms with E-state index in [-0.39, 0.29) is 11.8 Å². The summed E-state index contributed by atoms with van der Waals surface area (Å²) >= 11 is 1.59. The summed E-state index contributed by atoms with van der Waals surface area (Å²) in [6.45, 7) is 2.50. The van der Waals surface area contributed by atoms with Crippen molar-refractivity contribution in [2.24, 2.45) is 5.92 Å². The third kappa shape index (κ3) is 5.24. The number of para-hydroxylation sites is 1. The molecule has 2 heterocycles. The second-order valence-electron chi connectivity index (χ2n) is 8.10. The SMILES string of the molecule is O=C(C=Cc1nc2ccccc2s1)N1CCN(C(=O)CCC2CCCCC2)CC1. The Hall–Kier alpha value is -2.21. The van der Waals surface area contributed by atoms with Gasteiger partial charge in [-0.05, 0) is 30.5 Å². The van der Waals surface area contributed by atoms with Gasteiger partial charge in [-0.1, -0.05) is 44.2 Å². The molecule has 5 nitrogen and oxygen atoms in total. The molecule has 0 bridgehead atoms. The Kier molecular flexibility index (Phi) is 6.60. The Morgan fingerprint density at radius 1 is 1.03 bits per heavy atom. The van der Waals surface area contributed by atoms with Gasteiger partial charge in [-0.3, -0.25) is 9.59 Å². The summed E-state index contributed by atoms with van der Waals surface area (Å²) in [6.07, 6.45) is 11.7. The Morgan fingerprint density at radius 2 is 1.76 bits per heavy atom. The number of hydrogen-bond acceptors (Lipinski definition) is 4. The van der Waals surface area contributed by atoms with Gasteiger partial charge in [0.2, 0.25) is 11.8 Å². The van der Waals surface area contributed by atoms with Gasteiger partial charge in [0, 0.05) is 38.7 Å². The molecule has 1 aromatic heterocycles. The van der Waals surface area contributed by atoms with E-state index in [1.54, 1.807) is 23.5 Å². The average molecular weight is 412 g/mol. The molecule has 1 saturated heterocycles. The molecule has 0 spiro atoms. The predicted octanol–water partition coefficient (Wildman–Crippen LogP) is 4.34. The Morgan fingerprint density at radius 3 is 2.52 bits per heavy atom. The number of nitrogens with zero attached hydrogens (tertiary/aromatic N) is 3. The molecule has 0 atom stereocenters. The second kappa shape index (κ2) is 9.53. The van der Waals surface area contributed by atoms with E-state index >= 15 is 0 Å². The lowest BCUT2D eigenvalue weighted by Crippen LogP contribution is -2.50. The van der Waals surface area contributed by atoms with Crippen molar-refractivity contribution in [1.82, 2.24) is 14.8 Å². The number of thiazole rings is 1. The van der Waals surface area contributed by atoms with Crippen LogP contribution in [-0.2, 0) is 9.59 Å². The van der Waals surface area contributed by atoms with Gasteiger partial charge in [0.05, 0.1) is 10.2 Å². The molecule has 2 aliphatic rings.